The molecule has 0 aromatic heterocycles. The number of anilines is 1. The Morgan fingerprint density at radius 2 is 1.86 bits per heavy atom. The SMILES string of the molecule is COC(=O)C1CCN(S(=O)(=O)Cc2ccc(N)cc2)CC1. The van der Waals surface area contributed by atoms with Gasteiger partial charge in [-0.1, -0.05) is 12.1 Å². The fourth-order valence-electron chi connectivity index (χ4n) is 2.45. The van der Waals surface area contributed by atoms with Gasteiger partial charge in [0.05, 0.1) is 18.8 Å². The second kappa shape index (κ2) is 6.44. The van der Waals surface area contributed by atoms with Gasteiger partial charge in [-0.3, -0.25) is 4.79 Å². The van der Waals surface area contributed by atoms with E-state index in [4.69, 9.17) is 10.5 Å². The third-order valence-electron chi connectivity index (χ3n) is 3.71. The molecule has 0 amide bonds. The van der Waals surface area contributed by atoms with Crippen molar-refractivity contribution in [3.63, 3.8) is 0 Å². The standard InChI is InChI=1S/C14H20N2O4S/c1-20-14(17)12-6-8-16(9-7-12)21(18,19)10-11-2-4-13(15)5-3-11/h2-5,12H,6-10,15H2,1H3. The largest absolute Gasteiger partial charge is 0.469 e. The van der Waals surface area contributed by atoms with Crippen molar-refractivity contribution < 1.29 is 17.9 Å². The van der Waals surface area contributed by atoms with Crippen LogP contribution >= 0.6 is 0 Å². The van der Waals surface area contributed by atoms with Crippen LogP contribution in [0.25, 0.3) is 0 Å². The summed E-state index contributed by atoms with van der Waals surface area (Å²) in [5.41, 5.74) is 6.90. The molecule has 1 aromatic rings. The summed E-state index contributed by atoms with van der Waals surface area (Å²) in [6, 6.07) is 6.81. The van der Waals surface area contributed by atoms with Crippen molar-refractivity contribution in [2.24, 2.45) is 5.92 Å². The van der Waals surface area contributed by atoms with E-state index in [0.29, 0.717) is 37.2 Å². The first kappa shape index (κ1) is 15.8. The van der Waals surface area contributed by atoms with Gasteiger partial charge in [-0.25, -0.2) is 12.7 Å². The summed E-state index contributed by atoms with van der Waals surface area (Å²) >= 11 is 0. The van der Waals surface area contributed by atoms with Crippen molar-refractivity contribution in [3.05, 3.63) is 29.8 Å². The summed E-state index contributed by atoms with van der Waals surface area (Å²) in [7, 11) is -2.01. The van der Waals surface area contributed by atoms with Gasteiger partial charge in [0.2, 0.25) is 10.0 Å². The Kier molecular flexibility index (Phi) is 4.84. The summed E-state index contributed by atoms with van der Waals surface area (Å²) in [5.74, 6) is -0.501. The number of carbonyl (C=O) groups excluding carboxylic acids is 1. The molecule has 0 aliphatic carbocycles. The second-order valence-corrected chi connectivity index (χ2v) is 7.16. The molecule has 7 heteroatoms. The fraction of sp³-hybridized carbons (Fsp3) is 0.500. The molecule has 1 fully saturated rings. The van der Waals surface area contributed by atoms with Crippen molar-refractivity contribution in [3.8, 4) is 0 Å². The monoisotopic (exact) mass is 312 g/mol. The normalized spacial score (nSPS) is 17.6. The lowest BCUT2D eigenvalue weighted by molar-refractivity contribution is -0.146. The molecule has 0 radical (unpaired) electrons. The van der Waals surface area contributed by atoms with Gasteiger partial charge >= 0.3 is 5.97 Å². The summed E-state index contributed by atoms with van der Waals surface area (Å²) in [6.07, 6.45) is 1.02. The van der Waals surface area contributed by atoms with Crippen LogP contribution in [0.2, 0.25) is 0 Å². The van der Waals surface area contributed by atoms with E-state index in [-0.39, 0.29) is 17.6 Å². The van der Waals surface area contributed by atoms with Crippen molar-refractivity contribution in [2.75, 3.05) is 25.9 Å². The van der Waals surface area contributed by atoms with Crippen LogP contribution in [0.1, 0.15) is 18.4 Å². The predicted molar refractivity (Wildman–Crippen MR) is 79.8 cm³/mol. The van der Waals surface area contributed by atoms with Gasteiger partial charge in [-0.2, -0.15) is 0 Å². The van der Waals surface area contributed by atoms with E-state index in [2.05, 4.69) is 0 Å². The molecule has 1 heterocycles. The van der Waals surface area contributed by atoms with Gasteiger partial charge in [-0.15, -0.1) is 0 Å². The molecule has 1 saturated heterocycles. The van der Waals surface area contributed by atoms with Gasteiger partial charge in [0.1, 0.15) is 0 Å². The third kappa shape index (κ3) is 3.95. The van der Waals surface area contributed by atoms with Gasteiger partial charge in [0.25, 0.3) is 0 Å². The van der Waals surface area contributed by atoms with Gasteiger partial charge in [0, 0.05) is 18.8 Å². The lowest BCUT2D eigenvalue weighted by Gasteiger charge is -2.29. The van der Waals surface area contributed by atoms with Crippen LogP contribution in [0.3, 0.4) is 0 Å². The Morgan fingerprint density at radius 3 is 2.38 bits per heavy atom. The van der Waals surface area contributed by atoms with Crippen LogP contribution in [-0.2, 0) is 25.3 Å². The Hall–Kier alpha value is -1.60. The average Bonchev–Trinajstić information content (AvgIpc) is 2.49. The van der Waals surface area contributed by atoms with E-state index < -0.39 is 10.0 Å². The highest BCUT2D eigenvalue weighted by Crippen LogP contribution is 2.22. The van der Waals surface area contributed by atoms with Crippen LogP contribution in [0.4, 0.5) is 5.69 Å². The predicted octanol–water partition coefficient (Wildman–Crippen LogP) is 0.984. The maximum Gasteiger partial charge on any atom is 0.308 e. The highest BCUT2D eigenvalue weighted by atomic mass is 32.2. The van der Waals surface area contributed by atoms with E-state index in [0.717, 1.165) is 0 Å². The van der Waals surface area contributed by atoms with Gasteiger partial charge in [0.15, 0.2) is 0 Å². The number of sulfonamides is 1. The molecule has 6 nitrogen and oxygen atoms in total. The molecule has 21 heavy (non-hydrogen) atoms. The highest BCUT2D eigenvalue weighted by molar-refractivity contribution is 7.88. The van der Waals surface area contributed by atoms with Crippen LogP contribution in [0, 0.1) is 5.92 Å². The molecule has 0 bridgehead atoms. The zero-order chi connectivity index (χ0) is 15.5. The molecule has 0 saturated carbocycles. The van der Waals surface area contributed by atoms with Crippen LogP contribution in [-0.4, -0.2) is 38.9 Å². The van der Waals surface area contributed by atoms with Crippen molar-refractivity contribution >= 4 is 21.7 Å². The van der Waals surface area contributed by atoms with Gasteiger partial charge in [-0.05, 0) is 30.5 Å². The second-order valence-electron chi connectivity index (χ2n) is 5.19. The molecule has 0 atom stereocenters. The molecule has 0 spiro atoms. The van der Waals surface area contributed by atoms with E-state index >= 15 is 0 Å². The smallest absolute Gasteiger partial charge is 0.308 e. The quantitative estimate of drug-likeness (QED) is 0.661. The summed E-state index contributed by atoms with van der Waals surface area (Å²) < 4.78 is 30.9. The Labute approximate surface area is 124 Å². The lowest BCUT2D eigenvalue weighted by atomic mass is 9.99. The summed E-state index contributed by atoms with van der Waals surface area (Å²) in [6.45, 7) is 0.716. The molecule has 116 valence electrons. The molecule has 1 aliphatic heterocycles. The minimum Gasteiger partial charge on any atom is -0.469 e. The fourth-order valence-corrected chi connectivity index (χ4v) is 4.02. The number of esters is 1. The number of benzene rings is 1. The molecular weight excluding hydrogens is 292 g/mol. The minimum absolute atomic E-state index is 0.0455. The number of methoxy groups -OCH3 is 1. The van der Waals surface area contributed by atoms with E-state index in [1.54, 1.807) is 24.3 Å². The van der Waals surface area contributed by atoms with Crippen LogP contribution in [0.15, 0.2) is 24.3 Å². The number of ether oxygens (including phenoxy) is 1. The number of hydrogen-bond acceptors (Lipinski definition) is 5. The summed E-state index contributed by atoms with van der Waals surface area (Å²) in [5, 5.41) is 0. The summed E-state index contributed by atoms with van der Waals surface area (Å²) in [4.78, 5) is 11.4. The maximum atomic E-state index is 12.4. The average molecular weight is 312 g/mol. The number of hydrogen-bond donors (Lipinski definition) is 1. The Balaban J connectivity index is 1.98. The number of piperidine rings is 1. The molecule has 1 aromatic carbocycles. The Bertz CT molecular complexity index is 590. The molecule has 2 rings (SSSR count). The van der Waals surface area contributed by atoms with Crippen LogP contribution in [0.5, 0.6) is 0 Å². The van der Waals surface area contributed by atoms with Crippen molar-refractivity contribution in [1.82, 2.24) is 4.31 Å². The third-order valence-corrected chi connectivity index (χ3v) is 5.56. The van der Waals surface area contributed by atoms with E-state index in [1.165, 1.54) is 11.4 Å². The number of carbonyl (C=O) groups is 1. The van der Waals surface area contributed by atoms with Crippen molar-refractivity contribution in [1.29, 1.82) is 0 Å². The highest BCUT2D eigenvalue weighted by Gasteiger charge is 2.31. The zero-order valence-corrected chi connectivity index (χ0v) is 12.8. The van der Waals surface area contributed by atoms with Crippen LogP contribution < -0.4 is 5.73 Å². The number of nitrogens with two attached hydrogens (primary N) is 1. The number of nitrogens with zero attached hydrogens (tertiary/aromatic N) is 1. The molecule has 1 aliphatic rings. The number of nitrogen functional groups attached to an aromatic ring is 1. The van der Waals surface area contributed by atoms with E-state index in [1.807, 2.05) is 0 Å². The first-order chi connectivity index (χ1) is 9.92. The lowest BCUT2D eigenvalue weighted by Crippen LogP contribution is -2.41. The maximum absolute atomic E-state index is 12.4. The molecule has 0 unspecified atom stereocenters. The van der Waals surface area contributed by atoms with Gasteiger partial charge < -0.3 is 10.5 Å². The zero-order valence-electron chi connectivity index (χ0n) is 12.0. The molecular formula is C14H20N2O4S. The first-order valence-corrected chi connectivity index (χ1v) is 8.43. The minimum atomic E-state index is -3.36. The first-order valence-electron chi connectivity index (χ1n) is 6.82. The Morgan fingerprint density at radius 1 is 1.29 bits per heavy atom. The molecule has 2 N–H and O–H groups in total. The van der Waals surface area contributed by atoms with E-state index in [9.17, 15) is 13.2 Å². The topological polar surface area (TPSA) is 89.7 Å². The number of rotatable bonds is 4. The van der Waals surface area contributed by atoms with Crippen molar-refractivity contribution in [2.45, 2.75) is 18.6 Å².